The maximum Gasteiger partial charge on any atom is 0.339 e. The van der Waals surface area contributed by atoms with Crippen LogP contribution in [0.1, 0.15) is 12.5 Å². The number of barbiturate groups is 1. The van der Waals surface area contributed by atoms with Gasteiger partial charge >= 0.3 is 16.1 Å². The fourth-order valence-electron chi connectivity index (χ4n) is 3.56. The van der Waals surface area contributed by atoms with Gasteiger partial charge in [0.1, 0.15) is 16.2 Å². The first-order valence-corrected chi connectivity index (χ1v) is 13.8. The van der Waals surface area contributed by atoms with Crippen LogP contribution in [0.25, 0.3) is 6.08 Å². The summed E-state index contributed by atoms with van der Waals surface area (Å²) in [6, 6.07) is 13.5. The number of urea groups is 1. The minimum absolute atomic E-state index is 0.0306. The van der Waals surface area contributed by atoms with Crippen molar-refractivity contribution in [1.82, 2.24) is 5.32 Å². The Morgan fingerprint density at radius 3 is 2.31 bits per heavy atom. The molecule has 0 unspecified atom stereocenters. The zero-order valence-electron chi connectivity index (χ0n) is 20.4. The van der Waals surface area contributed by atoms with Crippen LogP contribution in [0.5, 0.6) is 17.2 Å². The van der Waals surface area contributed by atoms with Gasteiger partial charge in [0.15, 0.2) is 11.5 Å². The zero-order valence-corrected chi connectivity index (χ0v) is 23.6. The van der Waals surface area contributed by atoms with Crippen molar-refractivity contribution in [2.24, 2.45) is 0 Å². The van der Waals surface area contributed by atoms with E-state index in [1.54, 1.807) is 19.1 Å². The van der Waals surface area contributed by atoms with Gasteiger partial charge in [-0.15, -0.1) is 0 Å². The summed E-state index contributed by atoms with van der Waals surface area (Å²) < 4.78 is 41.9. The lowest BCUT2D eigenvalue weighted by Gasteiger charge is -2.26. The predicted molar refractivity (Wildman–Crippen MR) is 147 cm³/mol. The lowest BCUT2D eigenvalue weighted by molar-refractivity contribution is -0.122. The summed E-state index contributed by atoms with van der Waals surface area (Å²) in [6.07, 6.45) is 1.26. The fraction of sp³-hybridized carbons (Fsp3) is 0.115. The average Bonchev–Trinajstić information content (AvgIpc) is 2.89. The van der Waals surface area contributed by atoms with Crippen LogP contribution in [0.4, 0.5) is 10.5 Å². The Kier molecular flexibility index (Phi) is 8.28. The first-order chi connectivity index (χ1) is 18.5. The van der Waals surface area contributed by atoms with Crippen molar-refractivity contribution >= 4 is 67.3 Å². The second-order valence-corrected chi connectivity index (χ2v) is 10.7. The number of nitrogens with one attached hydrogen (secondary N) is 1. The molecule has 0 radical (unpaired) electrons. The predicted octanol–water partition coefficient (Wildman–Crippen LogP) is 4.94. The second kappa shape index (κ2) is 11.5. The monoisotopic (exact) mass is 634 g/mol. The van der Waals surface area contributed by atoms with Crippen molar-refractivity contribution in [1.29, 1.82) is 0 Å². The van der Waals surface area contributed by atoms with Crippen molar-refractivity contribution in [2.75, 3.05) is 18.6 Å². The highest BCUT2D eigenvalue weighted by molar-refractivity contribution is 9.10. The van der Waals surface area contributed by atoms with E-state index < -0.39 is 28.0 Å². The molecule has 0 aliphatic carbocycles. The van der Waals surface area contributed by atoms with E-state index in [0.717, 1.165) is 4.90 Å². The van der Waals surface area contributed by atoms with E-state index in [9.17, 15) is 22.8 Å². The Morgan fingerprint density at radius 2 is 1.69 bits per heavy atom. The van der Waals surface area contributed by atoms with Gasteiger partial charge in [0.2, 0.25) is 0 Å². The third-order valence-corrected chi connectivity index (χ3v) is 7.45. The van der Waals surface area contributed by atoms with Crippen LogP contribution < -0.4 is 23.9 Å². The van der Waals surface area contributed by atoms with Gasteiger partial charge in [-0.25, -0.2) is 9.69 Å². The van der Waals surface area contributed by atoms with Crippen LogP contribution in [0, 0.1) is 0 Å². The highest BCUT2D eigenvalue weighted by Crippen LogP contribution is 2.39. The number of anilines is 1. The third-order valence-electron chi connectivity index (χ3n) is 5.37. The summed E-state index contributed by atoms with van der Waals surface area (Å²) in [5, 5.41) is 2.50. The Bertz CT molecular complexity index is 1590. The molecule has 10 nitrogen and oxygen atoms in total. The summed E-state index contributed by atoms with van der Waals surface area (Å²) in [5.41, 5.74) is 0.190. The lowest BCUT2D eigenvalue weighted by Crippen LogP contribution is -2.54. The topological polar surface area (TPSA) is 128 Å². The Morgan fingerprint density at radius 1 is 1.03 bits per heavy atom. The molecule has 0 spiro atoms. The van der Waals surface area contributed by atoms with E-state index >= 15 is 0 Å². The number of imide groups is 2. The summed E-state index contributed by atoms with van der Waals surface area (Å²) in [6.45, 7) is 1.84. The van der Waals surface area contributed by atoms with Gasteiger partial charge in [-0.2, -0.15) is 8.42 Å². The van der Waals surface area contributed by atoms with Crippen molar-refractivity contribution < 1.29 is 36.5 Å². The molecular formula is C26H20BrClN2O8S. The van der Waals surface area contributed by atoms with Gasteiger partial charge in [-0.1, -0.05) is 11.6 Å². The molecule has 1 saturated heterocycles. The maximum absolute atomic E-state index is 13.2. The maximum atomic E-state index is 13.2. The Labute approximate surface area is 237 Å². The van der Waals surface area contributed by atoms with Gasteiger partial charge in [-0.05, 0) is 95.2 Å². The largest absolute Gasteiger partial charge is 0.497 e. The minimum Gasteiger partial charge on any atom is -0.497 e. The first kappa shape index (κ1) is 28.1. The third kappa shape index (κ3) is 6.08. The highest BCUT2D eigenvalue weighted by Gasteiger charge is 2.37. The molecule has 39 heavy (non-hydrogen) atoms. The first-order valence-electron chi connectivity index (χ1n) is 11.3. The van der Waals surface area contributed by atoms with Gasteiger partial charge in [0, 0.05) is 5.02 Å². The fourth-order valence-corrected chi connectivity index (χ4v) is 5.29. The molecule has 1 aliphatic rings. The number of amides is 4. The van der Waals surface area contributed by atoms with Crippen molar-refractivity contribution in [3.8, 4) is 17.2 Å². The molecular weight excluding hydrogens is 616 g/mol. The summed E-state index contributed by atoms with van der Waals surface area (Å²) in [4.78, 5) is 39.0. The Hall–Kier alpha value is -3.87. The van der Waals surface area contributed by atoms with Crippen molar-refractivity contribution in [2.45, 2.75) is 11.8 Å². The van der Waals surface area contributed by atoms with E-state index in [-0.39, 0.29) is 38.7 Å². The smallest absolute Gasteiger partial charge is 0.339 e. The molecule has 0 aromatic heterocycles. The number of carbonyl (C=O) groups is 3. The zero-order chi connectivity index (χ0) is 28.3. The van der Waals surface area contributed by atoms with E-state index in [0.29, 0.717) is 16.3 Å². The summed E-state index contributed by atoms with van der Waals surface area (Å²) >= 11 is 9.14. The van der Waals surface area contributed by atoms with Crippen LogP contribution in [0.15, 0.2) is 75.6 Å². The van der Waals surface area contributed by atoms with E-state index in [4.69, 9.17) is 25.3 Å². The standard InChI is InChI=1S/C26H20BrClN2O8S/c1-3-37-22-14-15(13-21(27)23(22)38-39(34,35)19-10-4-16(28)5-11-19)12-20-24(31)29-26(33)30(25(20)32)17-6-8-18(36-2)9-7-17/h4-14H,3H2,1-2H3,(H,29,31,33)/b20-12+. The highest BCUT2D eigenvalue weighted by atomic mass is 79.9. The number of halogens is 2. The number of ether oxygens (including phenoxy) is 2. The van der Waals surface area contributed by atoms with Gasteiger partial charge in [0.05, 0.1) is 23.9 Å². The van der Waals surface area contributed by atoms with Crippen LogP contribution in [0.2, 0.25) is 5.02 Å². The molecule has 3 aromatic rings. The number of hydrogen-bond acceptors (Lipinski definition) is 8. The number of benzene rings is 3. The molecule has 0 saturated carbocycles. The molecule has 3 aromatic carbocycles. The lowest BCUT2D eigenvalue weighted by atomic mass is 10.1. The van der Waals surface area contributed by atoms with Crippen LogP contribution >= 0.6 is 27.5 Å². The molecule has 1 aliphatic heterocycles. The number of nitrogens with zero attached hydrogens (tertiary/aromatic N) is 1. The quantitative estimate of drug-likeness (QED) is 0.209. The molecule has 4 amide bonds. The van der Waals surface area contributed by atoms with Crippen molar-refractivity contribution in [3.05, 3.63) is 81.3 Å². The van der Waals surface area contributed by atoms with E-state index in [1.807, 2.05) is 0 Å². The normalized spacial score (nSPS) is 14.8. The van der Waals surface area contributed by atoms with Gasteiger partial charge in [-0.3, -0.25) is 14.9 Å². The summed E-state index contributed by atoms with van der Waals surface area (Å²) in [5.74, 6) is -1.33. The molecule has 4 rings (SSSR count). The van der Waals surface area contributed by atoms with Gasteiger partial charge in [0.25, 0.3) is 11.8 Å². The number of methoxy groups -OCH3 is 1. The molecule has 202 valence electrons. The number of hydrogen-bond donors (Lipinski definition) is 1. The second-order valence-electron chi connectivity index (χ2n) is 7.91. The van der Waals surface area contributed by atoms with Gasteiger partial charge < -0.3 is 13.7 Å². The van der Waals surface area contributed by atoms with Crippen LogP contribution in [-0.4, -0.2) is 40.0 Å². The Balaban J connectivity index is 1.70. The molecule has 1 fully saturated rings. The van der Waals surface area contributed by atoms with Crippen molar-refractivity contribution in [3.63, 3.8) is 0 Å². The number of carbonyl (C=O) groups excluding carboxylic acids is 3. The van der Waals surface area contributed by atoms with Crippen LogP contribution in [0.3, 0.4) is 0 Å². The molecule has 13 heteroatoms. The van der Waals surface area contributed by atoms with E-state index in [1.165, 1.54) is 61.7 Å². The summed E-state index contributed by atoms with van der Waals surface area (Å²) in [7, 11) is -2.78. The minimum atomic E-state index is -4.26. The number of rotatable bonds is 8. The average molecular weight is 636 g/mol. The van der Waals surface area contributed by atoms with Crippen LogP contribution in [-0.2, 0) is 19.7 Å². The molecule has 0 bridgehead atoms. The molecule has 1 N–H and O–H groups in total. The van der Waals surface area contributed by atoms with E-state index in [2.05, 4.69) is 21.2 Å². The molecule has 0 atom stereocenters. The SMILES string of the molecule is CCOc1cc(/C=C2\C(=O)NC(=O)N(c3ccc(OC)cc3)C2=O)cc(Br)c1OS(=O)(=O)c1ccc(Cl)cc1. The molecule has 1 heterocycles.